The van der Waals surface area contributed by atoms with Crippen LogP contribution in [-0.4, -0.2) is 38.5 Å². The van der Waals surface area contributed by atoms with E-state index in [1.165, 1.54) is 12.1 Å². The summed E-state index contributed by atoms with van der Waals surface area (Å²) in [5, 5.41) is 25.9. The highest BCUT2D eigenvalue weighted by Crippen LogP contribution is 2.23. The number of ether oxygens (including phenoxy) is 1. The molecule has 1 aromatic heterocycles. The van der Waals surface area contributed by atoms with E-state index in [2.05, 4.69) is 10.4 Å². The first kappa shape index (κ1) is 18.0. The van der Waals surface area contributed by atoms with Crippen molar-refractivity contribution in [3.63, 3.8) is 0 Å². The number of anilines is 1. The van der Waals surface area contributed by atoms with Crippen LogP contribution in [-0.2, 0) is 9.53 Å². The Labute approximate surface area is 154 Å². The highest BCUT2D eigenvalue weighted by molar-refractivity contribution is 5.96. The molecule has 8 nitrogen and oxygen atoms in total. The first-order valence-electron chi connectivity index (χ1n) is 8.05. The van der Waals surface area contributed by atoms with E-state index in [0.717, 1.165) is 11.8 Å². The van der Waals surface area contributed by atoms with Gasteiger partial charge in [-0.15, -0.1) is 0 Å². The van der Waals surface area contributed by atoms with Crippen molar-refractivity contribution in [3.05, 3.63) is 65.9 Å². The standard InChI is InChI=1S/C19H17N3O5/c1-12-9-17(22(21-12)13-5-3-2-4-6-13)20-18(25)11-27-19(26)15-8-7-14(23)10-16(15)24/h2-10,23-24H,11H2,1H3,(H,20,25). The fourth-order valence-corrected chi connectivity index (χ4v) is 2.43. The number of aromatic hydroxyl groups is 2. The molecule has 1 amide bonds. The second-order valence-corrected chi connectivity index (χ2v) is 5.74. The average Bonchev–Trinajstić information content (AvgIpc) is 3.00. The first-order chi connectivity index (χ1) is 12.9. The number of para-hydroxylation sites is 1. The third kappa shape index (κ3) is 4.24. The number of aromatic nitrogens is 2. The van der Waals surface area contributed by atoms with Gasteiger partial charge in [-0.3, -0.25) is 4.79 Å². The third-order valence-corrected chi connectivity index (χ3v) is 3.64. The zero-order valence-electron chi connectivity index (χ0n) is 14.4. The number of esters is 1. The van der Waals surface area contributed by atoms with E-state index in [1.807, 2.05) is 30.3 Å². The summed E-state index contributed by atoms with van der Waals surface area (Å²) in [7, 11) is 0. The average molecular weight is 367 g/mol. The van der Waals surface area contributed by atoms with Crippen molar-refractivity contribution in [3.8, 4) is 17.2 Å². The predicted octanol–water partition coefficient (Wildman–Crippen LogP) is 2.39. The summed E-state index contributed by atoms with van der Waals surface area (Å²) < 4.78 is 6.48. The van der Waals surface area contributed by atoms with Gasteiger partial charge in [0.25, 0.3) is 5.91 Å². The molecule has 0 aliphatic heterocycles. The maximum absolute atomic E-state index is 12.1. The van der Waals surface area contributed by atoms with Gasteiger partial charge in [-0.2, -0.15) is 5.10 Å². The van der Waals surface area contributed by atoms with Gasteiger partial charge < -0.3 is 20.3 Å². The Bertz CT molecular complexity index is 982. The molecule has 1 heterocycles. The summed E-state index contributed by atoms with van der Waals surface area (Å²) in [6, 6.07) is 14.4. The lowest BCUT2D eigenvalue weighted by Gasteiger charge is -2.10. The summed E-state index contributed by atoms with van der Waals surface area (Å²) in [6.07, 6.45) is 0. The zero-order chi connectivity index (χ0) is 19.4. The number of nitrogens with one attached hydrogen (secondary N) is 1. The van der Waals surface area contributed by atoms with Crippen LogP contribution in [0.1, 0.15) is 16.1 Å². The summed E-state index contributed by atoms with van der Waals surface area (Å²) in [5.74, 6) is -1.62. The topological polar surface area (TPSA) is 114 Å². The number of hydrogen-bond acceptors (Lipinski definition) is 6. The number of carbonyl (C=O) groups excluding carboxylic acids is 2. The number of hydrogen-bond donors (Lipinski definition) is 3. The van der Waals surface area contributed by atoms with Gasteiger partial charge in [0, 0.05) is 12.1 Å². The van der Waals surface area contributed by atoms with Crippen LogP contribution < -0.4 is 5.32 Å². The largest absolute Gasteiger partial charge is 0.508 e. The number of amides is 1. The van der Waals surface area contributed by atoms with Crippen LogP contribution in [0.2, 0.25) is 0 Å². The Hall–Kier alpha value is -3.81. The van der Waals surface area contributed by atoms with E-state index in [0.29, 0.717) is 11.5 Å². The van der Waals surface area contributed by atoms with E-state index in [4.69, 9.17) is 4.74 Å². The minimum atomic E-state index is -0.879. The van der Waals surface area contributed by atoms with Crippen LogP contribution in [0.3, 0.4) is 0 Å². The van der Waals surface area contributed by atoms with Crippen LogP contribution in [0.15, 0.2) is 54.6 Å². The van der Waals surface area contributed by atoms with Gasteiger partial charge in [0.1, 0.15) is 22.9 Å². The van der Waals surface area contributed by atoms with Crippen molar-refractivity contribution >= 4 is 17.7 Å². The zero-order valence-corrected chi connectivity index (χ0v) is 14.4. The van der Waals surface area contributed by atoms with Crippen LogP contribution in [0.4, 0.5) is 5.82 Å². The van der Waals surface area contributed by atoms with E-state index in [1.54, 1.807) is 17.7 Å². The summed E-state index contributed by atoms with van der Waals surface area (Å²) >= 11 is 0. The molecule has 0 aliphatic carbocycles. The second-order valence-electron chi connectivity index (χ2n) is 5.74. The molecule has 0 fully saturated rings. The van der Waals surface area contributed by atoms with Crippen molar-refractivity contribution in [1.29, 1.82) is 0 Å². The lowest BCUT2D eigenvalue weighted by Crippen LogP contribution is -2.22. The third-order valence-electron chi connectivity index (χ3n) is 3.64. The normalized spacial score (nSPS) is 10.4. The van der Waals surface area contributed by atoms with Crippen molar-refractivity contribution in [2.45, 2.75) is 6.92 Å². The number of phenolic OH excluding ortho intramolecular Hbond substituents is 2. The van der Waals surface area contributed by atoms with Crippen molar-refractivity contribution in [1.82, 2.24) is 9.78 Å². The monoisotopic (exact) mass is 367 g/mol. The predicted molar refractivity (Wildman–Crippen MR) is 97.0 cm³/mol. The van der Waals surface area contributed by atoms with Gasteiger partial charge in [-0.05, 0) is 31.2 Å². The molecule has 3 aromatic rings. The Morgan fingerprint density at radius 1 is 1.11 bits per heavy atom. The van der Waals surface area contributed by atoms with Crippen molar-refractivity contribution < 1.29 is 24.5 Å². The Morgan fingerprint density at radius 3 is 2.56 bits per heavy atom. The fraction of sp³-hybridized carbons (Fsp3) is 0.105. The number of carbonyl (C=O) groups is 2. The second kappa shape index (κ2) is 7.61. The molecule has 0 unspecified atom stereocenters. The minimum absolute atomic E-state index is 0.147. The van der Waals surface area contributed by atoms with E-state index >= 15 is 0 Å². The number of aryl methyl sites for hydroxylation is 1. The van der Waals surface area contributed by atoms with E-state index in [-0.39, 0.29) is 11.3 Å². The Kier molecular flexibility index (Phi) is 5.07. The highest BCUT2D eigenvalue weighted by Gasteiger charge is 2.16. The Morgan fingerprint density at radius 2 is 1.85 bits per heavy atom. The lowest BCUT2D eigenvalue weighted by atomic mass is 10.2. The molecular formula is C19H17N3O5. The van der Waals surface area contributed by atoms with E-state index in [9.17, 15) is 19.8 Å². The molecule has 0 bridgehead atoms. The van der Waals surface area contributed by atoms with Crippen LogP contribution in [0.25, 0.3) is 5.69 Å². The van der Waals surface area contributed by atoms with Gasteiger partial charge in [-0.1, -0.05) is 18.2 Å². The molecular weight excluding hydrogens is 350 g/mol. The summed E-state index contributed by atoms with van der Waals surface area (Å²) in [6.45, 7) is 1.25. The van der Waals surface area contributed by atoms with Crippen LogP contribution in [0.5, 0.6) is 11.5 Å². The maximum atomic E-state index is 12.1. The van der Waals surface area contributed by atoms with Crippen LogP contribution in [0, 0.1) is 6.92 Å². The highest BCUT2D eigenvalue weighted by atomic mass is 16.5. The molecule has 3 N–H and O–H groups in total. The Balaban J connectivity index is 1.66. The molecule has 138 valence electrons. The minimum Gasteiger partial charge on any atom is -0.508 e. The molecule has 3 rings (SSSR count). The molecule has 0 radical (unpaired) electrons. The number of rotatable bonds is 5. The van der Waals surface area contributed by atoms with Crippen LogP contribution >= 0.6 is 0 Å². The smallest absolute Gasteiger partial charge is 0.342 e. The van der Waals surface area contributed by atoms with Gasteiger partial charge in [-0.25, -0.2) is 9.48 Å². The molecule has 8 heteroatoms. The van der Waals surface area contributed by atoms with Gasteiger partial charge >= 0.3 is 5.97 Å². The fourth-order valence-electron chi connectivity index (χ4n) is 2.43. The van der Waals surface area contributed by atoms with E-state index < -0.39 is 24.2 Å². The van der Waals surface area contributed by atoms with Gasteiger partial charge in [0.15, 0.2) is 6.61 Å². The van der Waals surface area contributed by atoms with Crippen molar-refractivity contribution in [2.24, 2.45) is 0 Å². The molecule has 2 aromatic carbocycles. The molecule has 0 saturated carbocycles. The maximum Gasteiger partial charge on any atom is 0.342 e. The SMILES string of the molecule is Cc1cc(NC(=O)COC(=O)c2ccc(O)cc2O)n(-c2ccccc2)n1. The molecule has 0 aliphatic rings. The quantitative estimate of drug-likeness (QED) is 0.597. The molecule has 0 saturated heterocycles. The number of nitrogens with zero attached hydrogens (tertiary/aromatic N) is 2. The lowest BCUT2D eigenvalue weighted by molar-refractivity contribution is -0.119. The first-order valence-corrected chi connectivity index (χ1v) is 8.05. The van der Waals surface area contributed by atoms with Gasteiger partial charge in [0.05, 0.1) is 11.4 Å². The summed E-state index contributed by atoms with van der Waals surface area (Å²) in [4.78, 5) is 24.1. The number of benzene rings is 2. The molecule has 27 heavy (non-hydrogen) atoms. The van der Waals surface area contributed by atoms with Crippen molar-refractivity contribution in [2.75, 3.05) is 11.9 Å². The van der Waals surface area contributed by atoms with Gasteiger partial charge in [0.2, 0.25) is 0 Å². The molecule has 0 spiro atoms. The molecule has 0 atom stereocenters. The summed E-state index contributed by atoms with van der Waals surface area (Å²) in [5.41, 5.74) is 1.33. The number of phenols is 2.